The minimum Gasteiger partial charge on any atom is -0.496 e. The predicted molar refractivity (Wildman–Crippen MR) is 62.1 cm³/mol. The molecule has 1 N–H and O–H groups in total. The van der Waals surface area contributed by atoms with Gasteiger partial charge in [0.2, 0.25) is 0 Å². The Bertz CT molecular complexity index is 324. The van der Waals surface area contributed by atoms with E-state index in [0.29, 0.717) is 6.04 Å². The lowest BCUT2D eigenvalue weighted by molar-refractivity contribution is 0.385. The maximum absolute atomic E-state index is 5.41. The van der Waals surface area contributed by atoms with Gasteiger partial charge in [0.1, 0.15) is 5.75 Å². The SMILES string of the molecule is CC[C@H]1CCN[C@H]1c1ccccc1OC. The Morgan fingerprint density at radius 1 is 1.40 bits per heavy atom. The number of ether oxygens (including phenoxy) is 1. The Balaban J connectivity index is 2.27. The van der Waals surface area contributed by atoms with Gasteiger partial charge < -0.3 is 10.1 Å². The molecule has 1 saturated heterocycles. The van der Waals surface area contributed by atoms with Gasteiger partial charge in [-0.2, -0.15) is 0 Å². The van der Waals surface area contributed by atoms with Crippen LogP contribution in [0.25, 0.3) is 0 Å². The first kappa shape index (κ1) is 10.5. The minimum absolute atomic E-state index is 0.478. The summed E-state index contributed by atoms with van der Waals surface area (Å²) in [5, 5.41) is 3.57. The third kappa shape index (κ3) is 2.00. The van der Waals surface area contributed by atoms with Crippen molar-refractivity contribution in [2.75, 3.05) is 13.7 Å². The van der Waals surface area contributed by atoms with Gasteiger partial charge in [-0.3, -0.25) is 0 Å². The largest absolute Gasteiger partial charge is 0.496 e. The molecule has 1 aliphatic rings. The molecule has 0 bridgehead atoms. The van der Waals surface area contributed by atoms with E-state index in [1.165, 1.54) is 18.4 Å². The molecule has 1 fully saturated rings. The van der Waals surface area contributed by atoms with Gasteiger partial charge in [0.25, 0.3) is 0 Å². The molecule has 82 valence electrons. The first-order valence-corrected chi connectivity index (χ1v) is 5.73. The molecular formula is C13H19NO. The Hall–Kier alpha value is -1.02. The molecule has 1 heterocycles. The van der Waals surface area contributed by atoms with Crippen LogP contribution in [-0.2, 0) is 0 Å². The lowest BCUT2D eigenvalue weighted by Gasteiger charge is -2.20. The summed E-state index contributed by atoms with van der Waals surface area (Å²) in [6.45, 7) is 3.39. The fraction of sp³-hybridized carbons (Fsp3) is 0.538. The minimum atomic E-state index is 0.478. The van der Waals surface area contributed by atoms with Crippen LogP contribution in [0.3, 0.4) is 0 Å². The zero-order valence-electron chi connectivity index (χ0n) is 9.49. The second-order valence-electron chi connectivity index (χ2n) is 4.13. The van der Waals surface area contributed by atoms with Crippen LogP contribution < -0.4 is 10.1 Å². The molecule has 0 saturated carbocycles. The van der Waals surface area contributed by atoms with Crippen LogP contribution in [0.1, 0.15) is 31.4 Å². The zero-order chi connectivity index (χ0) is 10.7. The van der Waals surface area contributed by atoms with Crippen molar-refractivity contribution in [2.24, 2.45) is 5.92 Å². The molecule has 1 aliphatic heterocycles. The van der Waals surface area contributed by atoms with Crippen LogP contribution in [0.5, 0.6) is 5.75 Å². The van der Waals surface area contributed by atoms with E-state index in [0.717, 1.165) is 18.2 Å². The summed E-state index contributed by atoms with van der Waals surface area (Å²) in [6, 6.07) is 8.81. The van der Waals surface area contributed by atoms with Crippen LogP contribution in [-0.4, -0.2) is 13.7 Å². The highest BCUT2D eigenvalue weighted by molar-refractivity contribution is 5.36. The van der Waals surface area contributed by atoms with Crippen molar-refractivity contribution in [2.45, 2.75) is 25.8 Å². The summed E-state index contributed by atoms with van der Waals surface area (Å²) in [7, 11) is 1.74. The van der Waals surface area contributed by atoms with Gasteiger partial charge in [0.05, 0.1) is 7.11 Å². The monoisotopic (exact) mass is 205 g/mol. The molecule has 0 aliphatic carbocycles. The quantitative estimate of drug-likeness (QED) is 0.819. The summed E-state index contributed by atoms with van der Waals surface area (Å²) in [4.78, 5) is 0. The topological polar surface area (TPSA) is 21.3 Å². The van der Waals surface area contributed by atoms with Crippen LogP contribution in [0, 0.1) is 5.92 Å². The molecule has 0 radical (unpaired) electrons. The van der Waals surface area contributed by atoms with Crippen molar-refractivity contribution >= 4 is 0 Å². The van der Waals surface area contributed by atoms with Gasteiger partial charge in [0.15, 0.2) is 0 Å². The van der Waals surface area contributed by atoms with Crippen LogP contribution >= 0.6 is 0 Å². The van der Waals surface area contributed by atoms with E-state index in [9.17, 15) is 0 Å². The Labute approximate surface area is 91.6 Å². The molecule has 1 aromatic rings. The van der Waals surface area contributed by atoms with Gasteiger partial charge in [-0.15, -0.1) is 0 Å². The Morgan fingerprint density at radius 3 is 2.93 bits per heavy atom. The van der Waals surface area contributed by atoms with E-state index in [-0.39, 0.29) is 0 Å². The molecule has 0 aromatic heterocycles. The highest BCUT2D eigenvalue weighted by atomic mass is 16.5. The molecule has 2 rings (SSSR count). The highest BCUT2D eigenvalue weighted by Gasteiger charge is 2.28. The summed E-state index contributed by atoms with van der Waals surface area (Å²) in [5.41, 5.74) is 1.31. The average Bonchev–Trinajstić information content (AvgIpc) is 2.76. The van der Waals surface area contributed by atoms with Crippen LogP contribution in [0.4, 0.5) is 0 Å². The third-order valence-corrected chi connectivity index (χ3v) is 3.35. The molecule has 0 amide bonds. The summed E-state index contributed by atoms with van der Waals surface area (Å²) in [6.07, 6.45) is 2.51. The van der Waals surface area contributed by atoms with Gasteiger partial charge in [0, 0.05) is 11.6 Å². The van der Waals surface area contributed by atoms with Crippen molar-refractivity contribution < 1.29 is 4.74 Å². The van der Waals surface area contributed by atoms with Crippen LogP contribution in [0.15, 0.2) is 24.3 Å². The summed E-state index contributed by atoms with van der Waals surface area (Å²) in [5.74, 6) is 1.76. The highest BCUT2D eigenvalue weighted by Crippen LogP contribution is 2.36. The van der Waals surface area contributed by atoms with E-state index in [2.05, 4.69) is 24.4 Å². The second kappa shape index (κ2) is 4.67. The standard InChI is InChI=1S/C13H19NO/c1-3-10-8-9-14-13(10)11-6-4-5-7-12(11)15-2/h4-7,10,13-14H,3,8-9H2,1-2H3/t10-,13+/m0/s1. The van der Waals surface area contributed by atoms with E-state index in [4.69, 9.17) is 4.74 Å². The Morgan fingerprint density at radius 2 is 2.20 bits per heavy atom. The fourth-order valence-corrected chi connectivity index (χ4v) is 2.48. The van der Waals surface area contributed by atoms with Gasteiger partial charge in [-0.05, 0) is 24.9 Å². The van der Waals surface area contributed by atoms with Crippen molar-refractivity contribution in [3.8, 4) is 5.75 Å². The van der Waals surface area contributed by atoms with Crippen LogP contribution in [0.2, 0.25) is 0 Å². The average molecular weight is 205 g/mol. The van der Waals surface area contributed by atoms with E-state index < -0.39 is 0 Å². The molecule has 0 spiro atoms. The molecule has 0 unspecified atom stereocenters. The molecule has 2 atom stereocenters. The number of hydrogen-bond acceptors (Lipinski definition) is 2. The number of nitrogens with one attached hydrogen (secondary N) is 1. The lowest BCUT2D eigenvalue weighted by Crippen LogP contribution is -2.18. The van der Waals surface area contributed by atoms with Gasteiger partial charge in [-0.1, -0.05) is 31.5 Å². The number of methoxy groups -OCH3 is 1. The normalized spacial score (nSPS) is 25.5. The van der Waals surface area contributed by atoms with Crippen molar-refractivity contribution in [3.05, 3.63) is 29.8 Å². The van der Waals surface area contributed by atoms with E-state index in [1.807, 2.05) is 12.1 Å². The first-order valence-electron chi connectivity index (χ1n) is 5.73. The smallest absolute Gasteiger partial charge is 0.123 e. The van der Waals surface area contributed by atoms with Crippen molar-refractivity contribution in [1.29, 1.82) is 0 Å². The van der Waals surface area contributed by atoms with Crippen molar-refractivity contribution in [1.82, 2.24) is 5.32 Å². The Kier molecular flexibility index (Phi) is 3.27. The molecule has 15 heavy (non-hydrogen) atoms. The maximum Gasteiger partial charge on any atom is 0.123 e. The van der Waals surface area contributed by atoms with Gasteiger partial charge >= 0.3 is 0 Å². The lowest BCUT2D eigenvalue weighted by atomic mass is 9.92. The summed E-state index contributed by atoms with van der Waals surface area (Å²) < 4.78 is 5.41. The number of benzene rings is 1. The summed E-state index contributed by atoms with van der Waals surface area (Å²) >= 11 is 0. The second-order valence-corrected chi connectivity index (χ2v) is 4.13. The molecule has 2 heteroatoms. The number of rotatable bonds is 3. The molecule has 1 aromatic carbocycles. The maximum atomic E-state index is 5.41. The number of para-hydroxylation sites is 1. The van der Waals surface area contributed by atoms with Crippen molar-refractivity contribution in [3.63, 3.8) is 0 Å². The fourth-order valence-electron chi connectivity index (χ4n) is 2.48. The third-order valence-electron chi connectivity index (χ3n) is 3.35. The molecule has 2 nitrogen and oxygen atoms in total. The number of hydrogen-bond donors (Lipinski definition) is 1. The molecular weight excluding hydrogens is 186 g/mol. The predicted octanol–water partition coefficient (Wildman–Crippen LogP) is 2.76. The zero-order valence-corrected chi connectivity index (χ0v) is 9.49. The van der Waals surface area contributed by atoms with E-state index in [1.54, 1.807) is 7.11 Å². The first-order chi connectivity index (χ1) is 7.36. The van der Waals surface area contributed by atoms with Gasteiger partial charge in [-0.25, -0.2) is 0 Å². The van der Waals surface area contributed by atoms with E-state index >= 15 is 0 Å².